The highest BCUT2D eigenvalue weighted by Crippen LogP contribution is 2.77. The first-order chi connectivity index (χ1) is 25.2. The summed E-state index contributed by atoms with van der Waals surface area (Å²) in [6.45, 7) is 7.49. The molecule has 10 heteroatoms. The summed E-state index contributed by atoms with van der Waals surface area (Å²) in [6.07, 6.45) is 8.31. The van der Waals surface area contributed by atoms with Gasteiger partial charge in [-0.2, -0.15) is 9.97 Å². The van der Waals surface area contributed by atoms with Crippen molar-refractivity contribution in [2.75, 3.05) is 38.3 Å². The highest BCUT2D eigenvalue weighted by atomic mass is 19.1. The van der Waals surface area contributed by atoms with Crippen molar-refractivity contribution in [3.63, 3.8) is 0 Å². The fourth-order valence-electron chi connectivity index (χ4n) is 12.5. The van der Waals surface area contributed by atoms with E-state index < -0.39 is 11.6 Å². The summed E-state index contributed by atoms with van der Waals surface area (Å²) in [4.78, 5) is 14.6. The first kappa shape index (κ1) is 31.9. The maximum absolute atomic E-state index is 17.1. The number of piperazine rings is 1. The van der Waals surface area contributed by atoms with E-state index >= 15 is 8.78 Å². The van der Waals surface area contributed by atoms with E-state index in [0.29, 0.717) is 102 Å². The van der Waals surface area contributed by atoms with E-state index in [0.717, 1.165) is 29.2 Å². The molecule has 11 rings (SSSR count). The number of hydrogen-bond acceptors (Lipinski definition) is 8. The standard InChI is InChI=1S/C42H47F2N5O3/c1-4-22-6-5-7-23-12-26(50)13-27(35(22)23)36-31(43)14-28-38(37(36)44)46-40(47-39(28)48-17-24-8-9-25(18-48)45-24)52-19-29-21(2)41(16-30(29)41)20-49-32-10-11-42(32)33(49)15-34(42)51-3/h5-7,12-14,21,24-25,29-30,32-34,45,50H,4,8-11,15-20H2,1-3H3/t21-,24?,25?,29?,30+,32?,33?,34?,41?,42?/m0/s1. The number of halogens is 2. The van der Waals surface area contributed by atoms with E-state index in [2.05, 4.69) is 22.0 Å². The number of fused-ring (bicyclic) bond motifs is 5. The number of ether oxygens (including phenoxy) is 2. The zero-order chi connectivity index (χ0) is 35.3. The Morgan fingerprint density at radius 3 is 2.60 bits per heavy atom. The summed E-state index contributed by atoms with van der Waals surface area (Å²) in [5.41, 5.74) is 1.96. The van der Waals surface area contributed by atoms with Gasteiger partial charge in [0.15, 0.2) is 5.82 Å². The van der Waals surface area contributed by atoms with Gasteiger partial charge in [0.25, 0.3) is 0 Å². The van der Waals surface area contributed by atoms with E-state index in [-0.39, 0.29) is 22.8 Å². The third-order valence-electron chi connectivity index (χ3n) is 15.4. The number of benzene rings is 3. The van der Waals surface area contributed by atoms with Gasteiger partial charge in [-0.15, -0.1) is 0 Å². The zero-order valence-electron chi connectivity index (χ0n) is 30.2. The third-order valence-corrected chi connectivity index (χ3v) is 15.4. The third kappa shape index (κ3) is 4.12. The lowest BCUT2D eigenvalue weighted by molar-refractivity contribution is -0.331. The molecule has 4 aliphatic carbocycles. The Morgan fingerprint density at radius 1 is 1.06 bits per heavy atom. The van der Waals surface area contributed by atoms with Crippen molar-refractivity contribution >= 4 is 27.5 Å². The fraction of sp³-hybridized carbons (Fsp3) is 0.571. The van der Waals surface area contributed by atoms with Crippen molar-refractivity contribution in [1.29, 1.82) is 0 Å². The number of nitrogens with zero attached hydrogens (tertiary/aromatic N) is 4. The van der Waals surface area contributed by atoms with Gasteiger partial charge in [0.1, 0.15) is 22.9 Å². The van der Waals surface area contributed by atoms with Crippen LogP contribution in [0.3, 0.4) is 0 Å². The molecule has 52 heavy (non-hydrogen) atoms. The smallest absolute Gasteiger partial charge is 0.319 e. The number of hydrogen-bond donors (Lipinski definition) is 2. The maximum Gasteiger partial charge on any atom is 0.319 e. The minimum Gasteiger partial charge on any atom is -0.508 e. The molecule has 2 N–H and O–H groups in total. The first-order valence-corrected chi connectivity index (χ1v) is 19.6. The summed E-state index contributed by atoms with van der Waals surface area (Å²) in [5, 5.41) is 16.2. The van der Waals surface area contributed by atoms with Gasteiger partial charge in [-0.1, -0.05) is 32.0 Å². The molecule has 1 spiro atoms. The lowest BCUT2D eigenvalue weighted by atomic mass is 9.40. The number of aromatic nitrogens is 2. The summed E-state index contributed by atoms with van der Waals surface area (Å²) >= 11 is 0. The quantitative estimate of drug-likeness (QED) is 0.196. The van der Waals surface area contributed by atoms with E-state index in [1.165, 1.54) is 44.4 Å². The van der Waals surface area contributed by atoms with Crippen LogP contribution in [-0.2, 0) is 11.2 Å². The van der Waals surface area contributed by atoms with Gasteiger partial charge in [0.2, 0.25) is 0 Å². The minimum absolute atomic E-state index is 0.0444. The lowest BCUT2D eigenvalue weighted by Gasteiger charge is -2.80. The summed E-state index contributed by atoms with van der Waals surface area (Å²) in [7, 11) is 1.88. The van der Waals surface area contributed by atoms with Crippen molar-refractivity contribution in [2.45, 2.75) is 89.1 Å². The molecular formula is C42H47F2N5O3. The molecule has 0 radical (unpaired) electrons. The predicted molar refractivity (Wildman–Crippen MR) is 196 cm³/mol. The van der Waals surface area contributed by atoms with Crippen LogP contribution in [0.1, 0.15) is 57.9 Å². The van der Waals surface area contributed by atoms with Crippen LogP contribution in [0, 0.1) is 40.2 Å². The Balaban J connectivity index is 0.920. The van der Waals surface area contributed by atoms with Gasteiger partial charge in [-0.25, -0.2) is 8.78 Å². The first-order valence-electron chi connectivity index (χ1n) is 19.6. The number of piperidine rings is 2. The van der Waals surface area contributed by atoms with Gasteiger partial charge in [0.05, 0.1) is 18.3 Å². The van der Waals surface area contributed by atoms with Crippen molar-refractivity contribution in [3.05, 3.63) is 53.6 Å². The van der Waals surface area contributed by atoms with Crippen molar-refractivity contribution < 1.29 is 23.4 Å². The van der Waals surface area contributed by atoms with Gasteiger partial charge < -0.3 is 24.8 Å². The largest absolute Gasteiger partial charge is 0.508 e. The molecule has 272 valence electrons. The van der Waals surface area contributed by atoms with Crippen LogP contribution < -0.4 is 15.0 Å². The van der Waals surface area contributed by atoms with Crippen molar-refractivity contribution in [3.8, 4) is 22.9 Å². The Labute approximate surface area is 302 Å². The zero-order valence-corrected chi connectivity index (χ0v) is 30.2. The van der Waals surface area contributed by atoms with Gasteiger partial charge >= 0.3 is 6.01 Å². The number of aryl methyl sites for hydroxylation is 1. The number of phenolic OH excluding ortho intramolecular Hbond substituents is 1. The number of aromatic hydroxyl groups is 1. The normalized spacial score (nSPS) is 36.7. The molecule has 4 saturated carbocycles. The van der Waals surface area contributed by atoms with Crippen LogP contribution in [0.4, 0.5) is 14.6 Å². The molecule has 8 unspecified atom stereocenters. The fourth-order valence-corrected chi connectivity index (χ4v) is 12.5. The molecule has 3 saturated heterocycles. The van der Waals surface area contributed by atoms with Crippen LogP contribution in [-0.4, -0.2) is 83.6 Å². The summed E-state index contributed by atoms with van der Waals surface area (Å²) < 4.78 is 45.8. The van der Waals surface area contributed by atoms with E-state index in [1.54, 1.807) is 6.07 Å². The Hall–Kier alpha value is -3.60. The monoisotopic (exact) mass is 707 g/mol. The van der Waals surface area contributed by atoms with E-state index in [4.69, 9.17) is 19.4 Å². The van der Waals surface area contributed by atoms with E-state index in [9.17, 15) is 5.11 Å². The van der Waals surface area contributed by atoms with Crippen molar-refractivity contribution in [2.24, 2.45) is 28.6 Å². The second kappa shape index (κ2) is 11.0. The topological polar surface area (TPSA) is 83.0 Å². The molecule has 8 nitrogen and oxygen atoms in total. The molecule has 0 amide bonds. The van der Waals surface area contributed by atoms with Gasteiger partial charge in [-0.05, 0) is 108 Å². The molecule has 3 aliphatic heterocycles. The van der Waals surface area contributed by atoms with E-state index in [1.807, 2.05) is 32.2 Å². The summed E-state index contributed by atoms with van der Waals surface area (Å²) in [6, 6.07) is 12.4. The van der Waals surface area contributed by atoms with Gasteiger partial charge in [0, 0.05) is 61.7 Å². The Kier molecular flexibility index (Phi) is 6.73. The average molecular weight is 708 g/mol. The van der Waals surface area contributed by atoms with Crippen LogP contribution in [0.15, 0.2) is 36.4 Å². The molecule has 4 heterocycles. The number of nitrogens with one attached hydrogen (secondary N) is 1. The highest BCUT2D eigenvalue weighted by molar-refractivity contribution is 6.03. The number of methoxy groups -OCH3 is 1. The molecule has 7 fully saturated rings. The Bertz CT molecular complexity index is 2150. The van der Waals surface area contributed by atoms with Crippen LogP contribution in [0.5, 0.6) is 11.8 Å². The molecule has 3 aromatic carbocycles. The number of phenols is 1. The van der Waals surface area contributed by atoms with Crippen LogP contribution in [0.25, 0.3) is 32.8 Å². The molecular weight excluding hydrogens is 660 g/mol. The second-order valence-corrected chi connectivity index (χ2v) is 17.3. The second-order valence-electron chi connectivity index (χ2n) is 17.3. The van der Waals surface area contributed by atoms with Gasteiger partial charge in [-0.3, -0.25) is 4.90 Å². The number of anilines is 1. The molecule has 2 bridgehead atoms. The Morgan fingerprint density at radius 2 is 1.88 bits per heavy atom. The maximum atomic E-state index is 17.1. The molecule has 1 aromatic heterocycles. The average Bonchev–Trinajstić information content (AvgIpc) is 3.64. The molecule has 4 aromatic rings. The van der Waals surface area contributed by atoms with Crippen LogP contribution in [0.2, 0.25) is 0 Å². The molecule has 7 aliphatic rings. The lowest BCUT2D eigenvalue weighted by Crippen LogP contribution is -2.87. The molecule has 10 atom stereocenters. The van der Waals surface area contributed by atoms with Crippen LogP contribution >= 0.6 is 0 Å². The highest BCUT2D eigenvalue weighted by Gasteiger charge is 2.79. The number of likely N-dealkylation sites (tertiary alicyclic amines) is 1. The SMILES string of the molecule is CCc1cccc2cc(O)cc(-c3c(F)cc4c(N5CC6CCC(C5)N6)nc(OCC5[C@H]6CC6(CN6C7CCC78C(OC)CC68)[C@H]5C)nc4c3F)c12. The predicted octanol–water partition coefficient (Wildman–Crippen LogP) is 6.84. The summed E-state index contributed by atoms with van der Waals surface area (Å²) in [5.74, 6) is 0.578. The number of rotatable bonds is 9. The van der Waals surface area contributed by atoms with Crippen molar-refractivity contribution in [1.82, 2.24) is 20.2 Å². The minimum atomic E-state index is -0.758.